The summed E-state index contributed by atoms with van der Waals surface area (Å²) in [4.78, 5) is 25.9. The van der Waals surface area contributed by atoms with Gasteiger partial charge in [0.05, 0.1) is 12.5 Å². The molecule has 2 aliphatic rings. The van der Waals surface area contributed by atoms with E-state index in [-0.39, 0.29) is 23.8 Å². The minimum atomic E-state index is -0.758. The lowest BCUT2D eigenvalue weighted by Gasteiger charge is -2.35. The summed E-state index contributed by atoms with van der Waals surface area (Å²) < 4.78 is 5.13. The van der Waals surface area contributed by atoms with Gasteiger partial charge < -0.3 is 14.7 Å². The first-order chi connectivity index (χ1) is 10.0. The lowest BCUT2D eigenvalue weighted by Crippen LogP contribution is -2.46. The Morgan fingerprint density at radius 2 is 1.90 bits per heavy atom. The van der Waals surface area contributed by atoms with Crippen LogP contribution < -0.4 is 0 Å². The second-order valence-electron chi connectivity index (χ2n) is 6.50. The first-order valence-corrected chi connectivity index (χ1v) is 8.06. The summed E-state index contributed by atoms with van der Waals surface area (Å²) in [6.45, 7) is 3.27. The van der Waals surface area contributed by atoms with Crippen LogP contribution in [0.3, 0.4) is 0 Å². The SMILES string of the molecule is COCCN(C(=O)C1CCCC(C(=O)O)C1)C(C)C1CC1. The van der Waals surface area contributed by atoms with Crippen molar-refractivity contribution in [2.45, 2.75) is 51.5 Å². The molecule has 0 radical (unpaired) electrons. The number of carboxylic acids is 1. The van der Waals surface area contributed by atoms with Gasteiger partial charge in [-0.3, -0.25) is 9.59 Å². The van der Waals surface area contributed by atoms with Gasteiger partial charge in [0, 0.05) is 25.6 Å². The van der Waals surface area contributed by atoms with Crippen LogP contribution in [-0.2, 0) is 14.3 Å². The Bertz CT molecular complexity index is 380. The number of hydrogen-bond donors (Lipinski definition) is 1. The Labute approximate surface area is 126 Å². The lowest BCUT2D eigenvalue weighted by molar-refractivity contribution is -0.146. The first kappa shape index (κ1) is 16.3. The quantitative estimate of drug-likeness (QED) is 0.782. The van der Waals surface area contributed by atoms with E-state index in [2.05, 4.69) is 6.92 Å². The zero-order valence-electron chi connectivity index (χ0n) is 13.1. The van der Waals surface area contributed by atoms with Crippen molar-refractivity contribution in [3.63, 3.8) is 0 Å². The fourth-order valence-electron chi connectivity index (χ4n) is 3.41. The van der Waals surface area contributed by atoms with Crippen LogP contribution in [-0.4, -0.2) is 48.2 Å². The maximum atomic E-state index is 12.8. The average Bonchev–Trinajstić information content (AvgIpc) is 3.32. The molecule has 2 aliphatic carbocycles. The van der Waals surface area contributed by atoms with Gasteiger partial charge in [0.1, 0.15) is 0 Å². The Kier molecular flexibility index (Phi) is 5.62. The van der Waals surface area contributed by atoms with E-state index in [1.165, 1.54) is 12.8 Å². The number of aliphatic carboxylic acids is 1. The van der Waals surface area contributed by atoms with Crippen LogP contribution in [0.2, 0.25) is 0 Å². The van der Waals surface area contributed by atoms with Gasteiger partial charge in [-0.1, -0.05) is 6.42 Å². The number of rotatable bonds is 7. The molecule has 0 aromatic carbocycles. The van der Waals surface area contributed by atoms with Crippen molar-refractivity contribution in [3.8, 4) is 0 Å². The Balaban J connectivity index is 2.00. The molecule has 3 unspecified atom stereocenters. The van der Waals surface area contributed by atoms with Gasteiger partial charge >= 0.3 is 5.97 Å². The van der Waals surface area contributed by atoms with Gasteiger partial charge in [-0.15, -0.1) is 0 Å². The molecule has 0 spiro atoms. The molecule has 1 amide bonds. The largest absolute Gasteiger partial charge is 0.481 e. The van der Waals surface area contributed by atoms with E-state index in [0.29, 0.717) is 31.9 Å². The van der Waals surface area contributed by atoms with Crippen molar-refractivity contribution in [1.29, 1.82) is 0 Å². The van der Waals surface area contributed by atoms with Gasteiger partial charge in [-0.05, 0) is 44.9 Å². The number of carboxylic acid groups (broad SMARTS) is 1. The van der Waals surface area contributed by atoms with E-state index >= 15 is 0 Å². The molecule has 2 fully saturated rings. The average molecular weight is 297 g/mol. The van der Waals surface area contributed by atoms with Crippen molar-refractivity contribution in [2.75, 3.05) is 20.3 Å². The predicted octanol–water partition coefficient (Wildman–Crippen LogP) is 2.15. The Morgan fingerprint density at radius 3 is 2.48 bits per heavy atom. The molecular formula is C16H27NO4. The molecule has 5 nitrogen and oxygen atoms in total. The second kappa shape index (κ2) is 7.25. The van der Waals surface area contributed by atoms with Crippen LogP contribution in [0.1, 0.15) is 45.4 Å². The number of hydrogen-bond acceptors (Lipinski definition) is 3. The van der Waals surface area contributed by atoms with Crippen LogP contribution in [0.4, 0.5) is 0 Å². The van der Waals surface area contributed by atoms with E-state index in [0.717, 1.165) is 12.8 Å². The number of ether oxygens (including phenoxy) is 1. The monoisotopic (exact) mass is 297 g/mol. The lowest BCUT2D eigenvalue weighted by atomic mass is 9.80. The number of carbonyl (C=O) groups is 2. The fourth-order valence-corrected chi connectivity index (χ4v) is 3.41. The highest BCUT2D eigenvalue weighted by Gasteiger charge is 2.38. The van der Waals surface area contributed by atoms with Crippen LogP contribution in [0.5, 0.6) is 0 Å². The molecule has 120 valence electrons. The van der Waals surface area contributed by atoms with Crippen molar-refractivity contribution < 1.29 is 19.4 Å². The summed E-state index contributed by atoms with van der Waals surface area (Å²) in [6, 6.07) is 0.248. The Morgan fingerprint density at radius 1 is 1.24 bits per heavy atom. The molecular weight excluding hydrogens is 270 g/mol. The van der Waals surface area contributed by atoms with Crippen molar-refractivity contribution in [3.05, 3.63) is 0 Å². The summed E-state index contributed by atoms with van der Waals surface area (Å²) in [5.41, 5.74) is 0. The summed E-state index contributed by atoms with van der Waals surface area (Å²) >= 11 is 0. The maximum Gasteiger partial charge on any atom is 0.306 e. The van der Waals surface area contributed by atoms with Crippen molar-refractivity contribution in [2.24, 2.45) is 17.8 Å². The number of carbonyl (C=O) groups excluding carboxylic acids is 1. The summed E-state index contributed by atoms with van der Waals surface area (Å²) in [5, 5.41) is 9.18. The third-order valence-electron chi connectivity index (χ3n) is 4.99. The van der Waals surface area contributed by atoms with Crippen LogP contribution in [0.15, 0.2) is 0 Å². The highest BCUT2D eigenvalue weighted by Crippen LogP contribution is 2.37. The standard InChI is InChI=1S/C16H27NO4/c1-11(12-6-7-12)17(8-9-21-2)15(18)13-4-3-5-14(10-13)16(19)20/h11-14H,3-10H2,1-2H3,(H,19,20). The molecule has 5 heteroatoms. The molecule has 0 bridgehead atoms. The third kappa shape index (κ3) is 4.19. The molecule has 0 aromatic rings. The fraction of sp³-hybridized carbons (Fsp3) is 0.875. The number of nitrogens with zero attached hydrogens (tertiary/aromatic N) is 1. The molecule has 0 heterocycles. The van der Waals surface area contributed by atoms with Crippen LogP contribution >= 0.6 is 0 Å². The highest BCUT2D eigenvalue weighted by atomic mass is 16.5. The van der Waals surface area contributed by atoms with Crippen LogP contribution in [0, 0.1) is 17.8 Å². The molecule has 2 saturated carbocycles. The normalized spacial score (nSPS) is 27.1. The predicted molar refractivity (Wildman–Crippen MR) is 78.9 cm³/mol. The van der Waals surface area contributed by atoms with Gasteiger partial charge in [-0.25, -0.2) is 0 Å². The van der Waals surface area contributed by atoms with E-state index in [1.807, 2.05) is 4.90 Å². The minimum Gasteiger partial charge on any atom is -0.481 e. The van der Waals surface area contributed by atoms with E-state index in [4.69, 9.17) is 4.74 Å². The molecule has 1 N–H and O–H groups in total. The molecule has 21 heavy (non-hydrogen) atoms. The number of amides is 1. The van der Waals surface area contributed by atoms with E-state index < -0.39 is 5.97 Å². The van der Waals surface area contributed by atoms with Gasteiger partial charge in [-0.2, -0.15) is 0 Å². The zero-order valence-corrected chi connectivity index (χ0v) is 13.1. The maximum absolute atomic E-state index is 12.8. The number of methoxy groups -OCH3 is 1. The molecule has 0 aliphatic heterocycles. The second-order valence-corrected chi connectivity index (χ2v) is 6.50. The third-order valence-corrected chi connectivity index (χ3v) is 4.99. The molecule has 3 atom stereocenters. The summed E-state index contributed by atoms with van der Waals surface area (Å²) in [6.07, 6.45) is 5.25. The molecule has 2 rings (SSSR count). The zero-order chi connectivity index (χ0) is 15.4. The smallest absolute Gasteiger partial charge is 0.306 e. The van der Waals surface area contributed by atoms with Gasteiger partial charge in [0.15, 0.2) is 0 Å². The van der Waals surface area contributed by atoms with Gasteiger partial charge in [0.2, 0.25) is 5.91 Å². The highest BCUT2D eigenvalue weighted by molar-refractivity contribution is 5.80. The Hall–Kier alpha value is -1.10. The first-order valence-electron chi connectivity index (χ1n) is 8.06. The summed E-state index contributed by atoms with van der Waals surface area (Å²) in [7, 11) is 1.64. The topological polar surface area (TPSA) is 66.8 Å². The van der Waals surface area contributed by atoms with Crippen LogP contribution in [0.25, 0.3) is 0 Å². The van der Waals surface area contributed by atoms with Crippen molar-refractivity contribution >= 4 is 11.9 Å². The minimum absolute atomic E-state index is 0.127. The van der Waals surface area contributed by atoms with E-state index in [1.54, 1.807) is 7.11 Å². The van der Waals surface area contributed by atoms with Crippen molar-refractivity contribution in [1.82, 2.24) is 4.90 Å². The molecule has 0 aromatic heterocycles. The molecule has 0 saturated heterocycles. The van der Waals surface area contributed by atoms with E-state index in [9.17, 15) is 14.7 Å². The van der Waals surface area contributed by atoms with Gasteiger partial charge in [0.25, 0.3) is 0 Å². The summed E-state index contributed by atoms with van der Waals surface area (Å²) in [5.74, 6) is -0.487.